The van der Waals surface area contributed by atoms with Gasteiger partial charge in [0.1, 0.15) is 0 Å². The fourth-order valence-corrected chi connectivity index (χ4v) is 2.09. The third-order valence-corrected chi connectivity index (χ3v) is 3.43. The minimum absolute atomic E-state index is 0.0280. The summed E-state index contributed by atoms with van der Waals surface area (Å²) >= 11 is 0. The molecular weight excluding hydrogens is 230 g/mol. The number of amides is 1. The first-order valence-corrected chi connectivity index (χ1v) is 6.31. The molecule has 98 valence electrons. The molecular formula is C13H19N3O2. The van der Waals surface area contributed by atoms with Gasteiger partial charge in [0, 0.05) is 6.61 Å². The lowest BCUT2D eigenvalue weighted by Crippen LogP contribution is -2.36. The molecule has 0 aromatic carbocycles. The molecule has 1 amide bonds. The first kappa shape index (κ1) is 13.0. The van der Waals surface area contributed by atoms with Crippen molar-refractivity contribution in [1.82, 2.24) is 10.2 Å². The molecule has 1 saturated heterocycles. The summed E-state index contributed by atoms with van der Waals surface area (Å²) < 4.78 is 5.50. The van der Waals surface area contributed by atoms with E-state index >= 15 is 0 Å². The highest BCUT2D eigenvalue weighted by Gasteiger charge is 2.28. The molecule has 0 spiro atoms. The average Bonchev–Trinajstić information content (AvgIpc) is 2.34. The molecule has 1 aromatic heterocycles. The number of aromatic nitrogens is 2. The van der Waals surface area contributed by atoms with Crippen molar-refractivity contribution in [3.8, 4) is 0 Å². The Balaban J connectivity index is 2.04. The number of nitrogens with zero attached hydrogens (tertiary/aromatic N) is 2. The molecule has 1 fully saturated rings. The quantitative estimate of drug-likeness (QED) is 0.868. The molecule has 2 rings (SSSR count). The average molecular weight is 249 g/mol. The van der Waals surface area contributed by atoms with Gasteiger partial charge in [0.05, 0.1) is 17.7 Å². The van der Waals surface area contributed by atoms with Crippen LogP contribution in [0.1, 0.15) is 31.0 Å². The van der Waals surface area contributed by atoms with Gasteiger partial charge >= 0.3 is 0 Å². The minimum atomic E-state index is -0.0952. The van der Waals surface area contributed by atoms with Gasteiger partial charge in [-0.1, -0.05) is 0 Å². The number of ether oxygens (including phenoxy) is 1. The van der Waals surface area contributed by atoms with Crippen LogP contribution in [-0.4, -0.2) is 28.8 Å². The van der Waals surface area contributed by atoms with E-state index in [0.717, 1.165) is 30.7 Å². The lowest BCUT2D eigenvalue weighted by molar-refractivity contribution is -0.127. The fraction of sp³-hybridized carbons (Fsp3) is 0.615. The van der Waals surface area contributed by atoms with E-state index < -0.39 is 0 Å². The van der Waals surface area contributed by atoms with Gasteiger partial charge in [-0.15, -0.1) is 5.10 Å². The monoisotopic (exact) mass is 249 g/mol. The van der Waals surface area contributed by atoms with E-state index in [4.69, 9.17) is 4.74 Å². The molecule has 18 heavy (non-hydrogen) atoms. The maximum atomic E-state index is 12.1. The maximum absolute atomic E-state index is 12.1. The zero-order chi connectivity index (χ0) is 13.1. The van der Waals surface area contributed by atoms with Crippen LogP contribution in [0.5, 0.6) is 0 Å². The molecule has 2 atom stereocenters. The van der Waals surface area contributed by atoms with Gasteiger partial charge in [0.2, 0.25) is 5.91 Å². The van der Waals surface area contributed by atoms with E-state index in [1.165, 1.54) is 0 Å². The minimum Gasteiger partial charge on any atom is -0.378 e. The fourth-order valence-electron chi connectivity index (χ4n) is 2.09. The molecule has 5 heteroatoms. The van der Waals surface area contributed by atoms with Crippen molar-refractivity contribution in [2.45, 2.75) is 39.7 Å². The second kappa shape index (κ2) is 5.44. The summed E-state index contributed by atoms with van der Waals surface area (Å²) in [6.07, 6.45) is 1.77. The molecule has 1 aliphatic rings. The van der Waals surface area contributed by atoms with E-state index in [1.54, 1.807) is 0 Å². The van der Waals surface area contributed by atoms with Crippen LogP contribution in [0.3, 0.4) is 0 Å². The molecule has 2 heterocycles. The zero-order valence-corrected chi connectivity index (χ0v) is 11.1. The van der Waals surface area contributed by atoms with Crippen molar-refractivity contribution >= 4 is 11.7 Å². The van der Waals surface area contributed by atoms with E-state index in [9.17, 15) is 4.79 Å². The predicted molar refractivity (Wildman–Crippen MR) is 68.3 cm³/mol. The van der Waals surface area contributed by atoms with Crippen LogP contribution in [0, 0.1) is 19.8 Å². The standard InChI is InChI=1S/C13H19N3O2/c1-8-7-12(16-15-9(8)2)14-13(17)11-5-4-6-18-10(11)3/h7,10-11H,4-6H2,1-3H3,(H,14,16,17). The molecule has 0 bridgehead atoms. The Morgan fingerprint density at radius 3 is 2.89 bits per heavy atom. The van der Waals surface area contributed by atoms with Crippen LogP contribution in [0.2, 0.25) is 0 Å². The number of carbonyl (C=O) groups excluding carboxylic acids is 1. The molecule has 5 nitrogen and oxygen atoms in total. The predicted octanol–water partition coefficient (Wildman–Crippen LogP) is 1.85. The molecule has 1 aromatic rings. The molecule has 2 unspecified atom stereocenters. The topological polar surface area (TPSA) is 64.1 Å². The normalized spacial score (nSPS) is 23.7. The number of hydrogen-bond donors (Lipinski definition) is 1. The Morgan fingerprint density at radius 2 is 2.22 bits per heavy atom. The van der Waals surface area contributed by atoms with Crippen molar-refractivity contribution in [3.05, 3.63) is 17.3 Å². The van der Waals surface area contributed by atoms with Gasteiger partial charge in [0.15, 0.2) is 5.82 Å². The largest absolute Gasteiger partial charge is 0.378 e. The number of aryl methyl sites for hydroxylation is 2. The van der Waals surface area contributed by atoms with Gasteiger partial charge < -0.3 is 10.1 Å². The highest BCUT2D eigenvalue weighted by Crippen LogP contribution is 2.22. The van der Waals surface area contributed by atoms with Crippen LogP contribution in [0.15, 0.2) is 6.07 Å². The van der Waals surface area contributed by atoms with Crippen molar-refractivity contribution in [2.75, 3.05) is 11.9 Å². The number of hydrogen-bond acceptors (Lipinski definition) is 4. The molecule has 0 radical (unpaired) electrons. The van der Waals surface area contributed by atoms with E-state index in [-0.39, 0.29) is 17.9 Å². The van der Waals surface area contributed by atoms with Crippen molar-refractivity contribution in [1.29, 1.82) is 0 Å². The van der Waals surface area contributed by atoms with Crippen LogP contribution in [-0.2, 0) is 9.53 Å². The number of rotatable bonds is 2. The van der Waals surface area contributed by atoms with Gasteiger partial charge in [-0.2, -0.15) is 5.10 Å². The smallest absolute Gasteiger partial charge is 0.231 e. The Labute approximate surface area is 107 Å². The van der Waals surface area contributed by atoms with Crippen LogP contribution >= 0.6 is 0 Å². The van der Waals surface area contributed by atoms with Crippen molar-refractivity contribution in [3.63, 3.8) is 0 Å². The lowest BCUT2D eigenvalue weighted by Gasteiger charge is -2.27. The maximum Gasteiger partial charge on any atom is 0.231 e. The van der Waals surface area contributed by atoms with Gasteiger partial charge in [0.25, 0.3) is 0 Å². The van der Waals surface area contributed by atoms with Gasteiger partial charge in [-0.3, -0.25) is 4.79 Å². The zero-order valence-electron chi connectivity index (χ0n) is 11.1. The summed E-state index contributed by atoms with van der Waals surface area (Å²) in [7, 11) is 0. The third-order valence-electron chi connectivity index (χ3n) is 3.43. The van der Waals surface area contributed by atoms with Crippen LogP contribution in [0.25, 0.3) is 0 Å². The van der Waals surface area contributed by atoms with E-state index in [2.05, 4.69) is 15.5 Å². The summed E-state index contributed by atoms with van der Waals surface area (Å²) in [6, 6.07) is 1.84. The van der Waals surface area contributed by atoms with Crippen LogP contribution in [0.4, 0.5) is 5.82 Å². The highest BCUT2D eigenvalue weighted by atomic mass is 16.5. The first-order valence-electron chi connectivity index (χ1n) is 6.31. The number of anilines is 1. The molecule has 1 N–H and O–H groups in total. The summed E-state index contributed by atoms with van der Waals surface area (Å²) in [5.74, 6) is 0.391. The van der Waals surface area contributed by atoms with Crippen LogP contribution < -0.4 is 5.32 Å². The van der Waals surface area contributed by atoms with E-state index in [1.807, 2.05) is 26.8 Å². The third kappa shape index (κ3) is 2.85. The Bertz CT molecular complexity index is 448. The second-order valence-electron chi connectivity index (χ2n) is 4.81. The molecule has 0 saturated carbocycles. The Kier molecular flexibility index (Phi) is 3.91. The van der Waals surface area contributed by atoms with Crippen molar-refractivity contribution < 1.29 is 9.53 Å². The number of carbonyl (C=O) groups is 1. The summed E-state index contributed by atoms with van der Waals surface area (Å²) in [6.45, 7) is 6.53. The van der Waals surface area contributed by atoms with Crippen molar-refractivity contribution in [2.24, 2.45) is 5.92 Å². The van der Waals surface area contributed by atoms with E-state index in [0.29, 0.717) is 5.82 Å². The Hall–Kier alpha value is -1.49. The molecule has 0 aliphatic carbocycles. The molecule has 1 aliphatic heterocycles. The highest BCUT2D eigenvalue weighted by molar-refractivity contribution is 5.92. The first-order chi connectivity index (χ1) is 8.58. The number of nitrogens with one attached hydrogen (secondary N) is 1. The van der Waals surface area contributed by atoms with Gasteiger partial charge in [-0.25, -0.2) is 0 Å². The summed E-state index contributed by atoms with van der Waals surface area (Å²) in [5, 5.41) is 10.8. The van der Waals surface area contributed by atoms with Gasteiger partial charge in [-0.05, 0) is 45.2 Å². The summed E-state index contributed by atoms with van der Waals surface area (Å²) in [5.41, 5.74) is 1.90. The lowest BCUT2D eigenvalue weighted by atomic mass is 9.94. The Morgan fingerprint density at radius 1 is 1.44 bits per heavy atom. The second-order valence-corrected chi connectivity index (χ2v) is 4.81. The summed E-state index contributed by atoms with van der Waals surface area (Å²) in [4.78, 5) is 12.1. The SMILES string of the molecule is Cc1cc(NC(=O)C2CCCOC2C)nnc1C.